The second kappa shape index (κ2) is 14.5. The predicted octanol–water partition coefficient (Wildman–Crippen LogP) is 7.86. The third-order valence-corrected chi connectivity index (χ3v) is 8.08. The molecule has 0 atom stereocenters. The lowest BCUT2D eigenvalue weighted by Gasteiger charge is -2.23. The second-order valence-electron chi connectivity index (χ2n) is 11.3. The Morgan fingerprint density at radius 2 is 1.46 bits per heavy atom. The van der Waals surface area contributed by atoms with Gasteiger partial charge < -0.3 is 15.1 Å². The maximum atomic E-state index is 15.7. The lowest BCUT2D eigenvalue weighted by molar-refractivity contribution is -0.121. The molecule has 1 N–H and O–H groups in total. The van der Waals surface area contributed by atoms with Crippen LogP contribution in [-0.2, 0) is 4.79 Å². The van der Waals surface area contributed by atoms with Crippen molar-refractivity contribution in [1.29, 1.82) is 0 Å². The zero-order valence-electron chi connectivity index (χ0n) is 26.1. The molecule has 244 valence electrons. The fourth-order valence-electron chi connectivity index (χ4n) is 5.60. The summed E-state index contributed by atoms with van der Waals surface area (Å²) >= 11 is 0. The normalized spacial score (nSPS) is 16.0. The van der Waals surface area contributed by atoms with Crippen LogP contribution in [-0.4, -0.2) is 53.6 Å². The predicted molar refractivity (Wildman–Crippen MR) is 187 cm³/mol. The van der Waals surface area contributed by atoms with Crippen molar-refractivity contribution in [2.45, 2.75) is 12.3 Å². The molecule has 0 fully saturated rings. The molecule has 4 aromatic rings. The SMILES string of the molecule is CN1C=CN(C(=O)/C=C2/c3ccccc3N(C(=O)c3ccc(NC(=O)c4ccccc4-c4ccccc4)cc3)CCC2(F)F)C=CC1.Cl. The van der Waals surface area contributed by atoms with Crippen molar-refractivity contribution in [2.75, 3.05) is 30.4 Å². The number of amides is 3. The van der Waals surface area contributed by atoms with Crippen molar-refractivity contribution in [3.05, 3.63) is 151 Å². The molecule has 48 heavy (non-hydrogen) atoms. The monoisotopic (exact) mass is 666 g/mol. The topological polar surface area (TPSA) is 73.0 Å². The number of hydrogen-bond acceptors (Lipinski definition) is 4. The number of para-hydroxylation sites is 1. The summed E-state index contributed by atoms with van der Waals surface area (Å²) in [5, 5.41) is 2.89. The van der Waals surface area contributed by atoms with Crippen LogP contribution in [0.5, 0.6) is 0 Å². The number of anilines is 2. The highest BCUT2D eigenvalue weighted by Crippen LogP contribution is 2.43. The molecule has 0 radical (unpaired) electrons. The maximum Gasteiger partial charge on any atom is 0.275 e. The molecule has 3 amide bonds. The van der Waals surface area contributed by atoms with Gasteiger partial charge in [-0.25, -0.2) is 8.78 Å². The van der Waals surface area contributed by atoms with Crippen LogP contribution in [0.15, 0.2) is 134 Å². The van der Waals surface area contributed by atoms with Gasteiger partial charge in [0.05, 0.1) is 5.69 Å². The van der Waals surface area contributed by atoms with Crippen LogP contribution in [0, 0.1) is 0 Å². The van der Waals surface area contributed by atoms with E-state index in [1.165, 1.54) is 22.1 Å². The highest BCUT2D eigenvalue weighted by atomic mass is 35.5. The lowest BCUT2D eigenvalue weighted by Crippen LogP contribution is -2.33. The smallest absolute Gasteiger partial charge is 0.275 e. The van der Waals surface area contributed by atoms with Gasteiger partial charge in [0.1, 0.15) is 0 Å². The van der Waals surface area contributed by atoms with Crippen molar-refractivity contribution in [1.82, 2.24) is 9.80 Å². The molecule has 0 aromatic heterocycles. The van der Waals surface area contributed by atoms with Gasteiger partial charge in [-0.3, -0.25) is 19.3 Å². The van der Waals surface area contributed by atoms with Crippen LogP contribution in [0.4, 0.5) is 20.2 Å². The second-order valence-corrected chi connectivity index (χ2v) is 11.3. The summed E-state index contributed by atoms with van der Waals surface area (Å²) in [5.74, 6) is -4.78. The van der Waals surface area contributed by atoms with Crippen molar-refractivity contribution in [3.63, 3.8) is 0 Å². The number of carbonyl (C=O) groups is 3. The largest absolute Gasteiger partial charge is 0.375 e. The van der Waals surface area contributed by atoms with Crippen LogP contribution in [0.2, 0.25) is 0 Å². The van der Waals surface area contributed by atoms with Gasteiger partial charge in [-0.15, -0.1) is 12.4 Å². The van der Waals surface area contributed by atoms with Gasteiger partial charge in [0, 0.05) is 79.2 Å². The molecule has 7 nitrogen and oxygen atoms in total. The molecule has 2 heterocycles. The Bertz CT molecular complexity index is 1910. The molecule has 0 saturated carbocycles. The molecule has 10 heteroatoms. The number of likely N-dealkylation sites (N-methyl/N-ethyl adjacent to an activating group) is 1. The van der Waals surface area contributed by atoms with Gasteiger partial charge >= 0.3 is 0 Å². The van der Waals surface area contributed by atoms with Gasteiger partial charge in [-0.2, -0.15) is 0 Å². The summed E-state index contributed by atoms with van der Waals surface area (Å²) in [6.45, 7) is 0.305. The van der Waals surface area contributed by atoms with E-state index in [9.17, 15) is 14.4 Å². The van der Waals surface area contributed by atoms with E-state index in [0.717, 1.165) is 17.2 Å². The van der Waals surface area contributed by atoms with Crippen molar-refractivity contribution >= 4 is 47.1 Å². The number of nitrogens with one attached hydrogen (secondary N) is 1. The standard InChI is InChI=1S/C38H32F2N4O3.ClH/c1-42-21-9-22-43(25-24-42)35(45)26-33-32-14-7-8-15-34(32)44(23-20-38(33,39)40)37(47)28-16-18-29(19-17-28)41-36(46)31-13-6-5-12-30(31)27-10-3-2-4-11-27;/h2-19,22,24-26H,20-21,23H2,1H3,(H,41,46);1H/b33-26-;. The van der Waals surface area contributed by atoms with Crippen LogP contribution in [0.3, 0.4) is 0 Å². The van der Waals surface area contributed by atoms with Gasteiger partial charge in [-0.05, 0) is 53.6 Å². The van der Waals surface area contributed by atoms with Crippen molar-refractivity contribution < 1.29 is 23.2 Å². The van der Waals surface area contributed by atoms with Crippen LogP contribution in [0.1, 0.15) is 32.7 Å². The van der Waals surface area contributed by atoms with E-state index in [-0.39, 0.29) is 41.7 Å². The Hall–Kier alpha value is -5.54. The summed E-state index contributed by atoms with van der Waals surface area (Å²) in [6, 6.07) is 29.6. The molecule has 2 aliphatic heterocycles. The minimum absolute atomic E-state index is 0. The van der Waals surface area contributed by atoms with Crippen LogP contribution < -0.4 is 10.2 Å². The minimum atomic E-state index is -3.37. The molecular weight excluding hydrogens is 634 g/mol. The summed E-state index contributed by atoms with van der Waals surface area (Å²) in [4.78, 5) is 44.6. The van der Waals surface area contributed by atoms with Gasteiger partial charge in [-0.1, -0.05) is 66.7 Å². The van der Waals surface area contributed by atoms with Gasteiger partial charge in [0.2, 0.25) is 0 Å². The first-order valence-electron chi connectivity index (χ1n) is 15.2. The quantitative estimate of drug-likeness (QED) is 0.220. The fraction of sp³-hybridized carbons (Fsp3) is 0.132. The first-order valence-corrected chi connectivity index (χ1v) is 15.2. The van der Waals surface area contributed by atoms with Crippen LogP contribution >= 0.6 is 12.4 Å². The number of halogens is 3. The van der Waals surface area contributed by atoms with E-state index in [1.54, 1.807) is 73.1 Å². The molecule has 4 aromatic carbocycles. The summed E-state index contributed by atoms with van der Waals surface area (Å²) in [5.41, 5.74) is 2.88. The molecule has 6 rings (SSSR count). The highest BCUT2D eigenvalue weighted by molar-refractivity contribution is 6.11. The number of carbonyl (C=O) groups excluding carboxylic acids is 3. The molecule has 0 spiro atoms. The number of allylic oxidation sites excluding steroid dienone is 1. The van der Waals surface area contributed by atoms with Gasteiger partial charge in [0.25, 0.3) is 23.6 Å². The van der Waals surface area contributed by atoms with Crippen LogP contribution in [0.25, 0.3) is 16.7 Å². The van der Waals surface area contributed by atoms with E-state index in [1.807, 2.05) is 54.4 Å². The third-order valence-electron chi connectivity index (χ3n) is 8.08. The zero-order chi connectivity index (χ0) is 33.0. The van der Waals surface area contributed by atoms with E-state index in [2.05, 4.69) is 5.32 Å². The Morgan fingerprint density at radius 1 is 0.792 bits per heavy atom. The Morgan fingerprint density at radius 3 is 2.21 bits per heavy atom. The molecule has 0 saturated heterocycles. The number of fused-ring (bicyclic) bond motifs is 1. The average molecular weight is 667 g/mol. The number of alkyl halides is 2. The number of benzene rings is 4. The average Bonchev–Trinajstić information content (AvgIpc) is 3.37. The summed E-state index contributed by atoms with van der Waals surface area (Å²) in [6.07, 6.45) is 6.81. The zero-order valence-corrected chi connectivity index (χ0v) is 26.9. The summed E-state index contributed by atoms with van der Waals surface area (Å²) < 4.78 is 31.4. The number of rotatable bonds is 5. The number of nitrogens with zero attached hydrogens (tertiary/aromatic N) is 3. The minimum Gasteiger partial charge on any atom is -0.375 e. The lowest BCUT2D eigenvalue weighted by atomic mass is 9.97. The van der Waals surface area contributed by atoms with E-state index in [0.29, 0.717) is 17.8 Å². The first kappa shape index (κ1) is 33.8. The molecular formula is C38H33ClF2N4O3. The molecule has 0 unspecified atom stereocenters. The number of hydrogen-bond donors (Lipinski definition) is 1. The third kappa shape index (κ3) is 7.21. The molecule has 0 bridgehead atoms. The summed E-state index contributed by atoms with van der Waals surface area (Å²) in [7, 11) is 1.84. The Kier molecular flexibility index (Phi) is 10.2. The van der Waals surface area contributed by atoms with E-state index < -0.39 is 29.7 Å². The van der Waals surface area contributed by atoms with Crippen molar-refractivity contribution in [3.8, 4) is 11.1 Å². The first-order chi connectivity index (χ1) is 22.7. The highest BCUT2D eigenvalue weighted by Gasteiger charge is 2.41. The fourth-order valence-corrected chi connectivity index (χ4v) is 5.60. The Balaban J connectivity index is 0.00000451. The van der Waals surface area contributed by atoms with E-state index >= 15 is 8.78 Å². The van der Waals surface area contributed by atoms with Crippen molar-refractivity contribution in [2.24, 2.45) is 0 Å². The Labute approximate surface area is 283 Å². The molecule has 2 aliphatic rings. The van der Waals surface area contributed by atoms with Gasteiger partial charge in [0.15, 0.2) is 0 Å². The maximum absolute atomic E-state index is 15.7. The molecule has 0 aliphatic carbocycles. The van der Waals surface area contributed by atoms with E-state index in [4.69, 9.17) is 0 Å².